The second-order valence-electron chi connectivity index (χ2n) is 4.69. The second kappa shape index (κ2) is 10.1. The summed E-state index contributed by atoms with van der Waals surface area (Å²) in [6.45, 7) is 3.67. The van der Waals surface area contributed by atoms with E-state index in [4.69, 9.17) is 14.2 Å². The van der Waals surface area contributed by atoms with Crippen molar-refractivity contribution in [3.63, 3.8) is 0 Å². The van der Waals surface area contributed by atoms with Gasteiger partial charge in [0.25, 0.3) is 0 Å². The van der Waals surface area contributed by atoms with Crippen LogP contribution >= 0.6 is 0 Å². The smallest absolute Gasteiger partial charge is 0.0718 e. The van der Waals surface area contributed by atoms with Gasteiger partial charge in [0.1, 0.15) is 0 Å². The van der Waals surface area contributed by atoms with Gasteiger partial charge in [0.2, 0.25) is 0 Å². The molecule has 0 saturated heterocycles. The molecule has 0 bridgehead atoms. The molecular formula is C18H22O3. The first-order valence-electron chi connectivity index (χ1n) is 7.26. The topological polar surface area (TPSA) is 27.7 Å². The minimum atomic E-state index is 0.599. The molecule has 3 nitrogen and oxygen atoms in total. The van der Waals surface area contributed by atoms with E-state index in [0.29, 0.717) is 39.6 Å². The van der Waals surface area contributed by atoms with Crippen molar-refractivity contribution in [3.8, 4) is 0 Å². The Morgan fingerprint density at radius 2 is 0.857 bits per heavy atom. The summed E-state index contributed by atoms with van der Waals surface area (Å²) in [6, 6.07) is 20.3. The van der Waals surface area contributed by atoms with Crippen LogP contribution in [-0.4, -0.2) is 26.4 Å². The molecule has 2 aromatic rings. The van der Waals surface area contributed by atoms with Crippen molar-refractivity contribution in [1.29, 1.82) is 0 Å². The maximum atomic E-state index is 5.53. The van der Waals surface area contributed by atoms with Crippen LogP contribution < -0.4 is 0 Å². The van der Waals surface area contributed by atoms with E-state index in [1.165, 1.54) is 11.1 Å². The largest absolute Gasteiger partial charge is 0.377 e. The van der Waals surface area contributed by atoms with Crippen molar-refractivity contribution in [2.45, 2.75) is 13.2 Å². The molecule has 112 valence electrons. The highest BCUT2D eigenvalue weighted by atomic mass is 16.5. The second-order valence-corrected chi connectivity index (χ2v) is 4.69. The van der Waals surface area contributed by atoms with Crippen molar-refractivity contribution >= 4 is 0 Å². The Morgan fingerprint density at radius 1 is 0.476 bits per heavy atom. The van der Waals surface area contributed by atoms with Gasteiger partial charge in [-0.05, 0) is 11.1 Å². The van der Waals surface area contributed by atoms with Gasteiger partial charge in [-0.2, -0.15) is 0 Å². The highest BCUT2D eigenvalue weighted by Gasteiger charge is 1.94. The minimum absolute atomic E-state index is 0.599. The Morgan fingerprint density at radius 3 is 1.29 bits per heavy atom. The minimum Gasteiger partial charge on any atom is -0.377 e. The van der Waals surface area contributed by atoms with Crippen LogP contribution in [-0.2, 0) is 27.4 Å². The normalized spacial score (nSPS) is 10.7. The summed E-state index contributed by atoms with van der Waals surface area (Å²) in [7, 11) is 0. The van der Waals surface area contributed by atoms with Crippen molar-refractivity contribution in [2.75, 3.05) is 26.4 Å². The lowest BCUT2D eigenvalue weighted by molar-refractivity contribution is 0.00704. The van der Waals surface area contributed by atoms with E-state index in [-0.39, 0.29) is 0 Å². The molecule has 0 atom stereocenters. The molecular weight excluding hydrogens is 264 g/mol. The highest BCUT2D eigenvalue weighted by molar-refractivity contribution is 5.14. The number of hydrogen-bond donors (Lipinski definition) is 0. The first-order chi connectivity index (χ1) is 10.4. The van der Waals surface area contributed by atoms with Gasteiger partial charge in [0.05, 0.1) is 39.6 Å². The maximum absolute atomic E-state index is 5.53. The molecule has 0 unspecified atom stereocenters. The van der Waals surface area contributed by atoms with Gasteiger partial charge in [0.15, 0.2) is 0 Å². The van der Waals surface area contributed by atoms with Crippen LogP contribution in [0.5, 0.6) is 0 Å². The van der Waals surface area contributed by atoms with E-state index in [1.807, 2.05) is 36.4 Å². The number of hydrogen-bond acceptors (Lipinski definition) is 3. The van der Waals surface area contributed by atoms with Crippen LogP contribution in [0.15, 0.2) is 60.7 Å². The number of ether oxygens (including phenoxy) is 3. The standard InChI is InChI=1S/C18H22O3/c1-3-7-17(8-4-1)15-20-13-11-19-12-14-21-16-18-9-5-2-6-10-18/h1-10H,11-16H2. The lowest BCUT2D eigenvalue weighted by Gasteiger charge is -2.07. The average Bonchev–Trinajstić information content (AvgIpc) is 2.55. The van der Waals surface area contributed by atoms with Crippen LogP contribution in [0.1, 0.15) is 11.1 Å². The summed E-state index contributed by atoms with van der Waals surface area (Å²) in [5, 5.41) is 0. The molecule has 0 aromatic heterocycles. The Balaban J connectivity index is 1.40. The predicted molar refractivity (Wildman–Crippen MR) is 83.0 cm³/mol. The first kappa shape index (κ1) is 15.7. The van der Waals surface area contributed by atoms with E-state index in [9.17, 15) is 0 Å². The predicted octanol–water partition coefficient (Wildman–Crippen LogP) is 3.44. The van der Waals surface area contributed by atoms with Gasteiger partial charge in [0, 0.05) is 0 Å². The summed E-state index contributed by atoms with van der Waals surface area (Å²) < 4.78 is 16.5. The summed E-state index contributed by atoms with van der Waals surface area (Å²) in [5.41, 5.74) is 2.37. The molecule has 0 aliphatic carbocycles. The average molecular weight is 286 g/mol. The van der Waals surface area contributed by atoms with E-state index in [1.54, 1.807) is 0 Å². The first-order valence-corrected chi connectivity index (χ1v) is 7.26. The molecule has 0 radical (unpaired) electrons. The SMILES string of the molecule is c1ccc(COCCOCCOCc2ccccc2)cc1. The highest BCUT2D eigenvalue weighted by Crippen LogP contribution is 2.01. The quantitative estimate of drug-likeness (QED) is 0.626. The molecule has 0 spiro atoms. The zero-order valence-corrected chi connectivity index (χ0v) is 12.2. The Bertz CT molecular complexity index is 425. The fourth-order valence-corrected chi connectivity index (χ4v) is 1.87. The van der Waals surface area contributed by atoms with E-state index < -0.39 is 0 Å². The Hall–Kier alpha value is -1.68. The molecule has 21 heavy (non-hydrogen) atoms. The molecule has 2 rings (SSSR count). The van der Waals surface area contributed by atoms with E-state index >= 15 is 0 Å². The summed E-state index contributed by atoms with van der Waals surface area (Å²) in [5.74, 6) is 0. The maximum Gasteiger partial charge on any atom is 0.0718 e. The van der Waals surface area contributed by atoms with Gasteiger partial charge in [-0.1, -0.05) is 60.7 Å². The summed E-state index contributed by atoms with van der Waals surface area (Å²) in [4.78, 5) is 0. The zero-order chi connectivity index (χ0) is 14.6. The number of rotatable bonds is 10. The third-order valence-corrected chi connectivity index (χ3v) is 2.97. The van der Waals surface area contributed by atoms with Gasteiger partial charge < -0.3 is 14.2 Å². The van der Waals surface area contributed by atoms with Gasteiger partial charge in [-0.3, -0.25) is 0 Å². The monoisotopic (exact) mass is 286 g/mol. The van der Waals surface area contributed by atoms with Gasteiger partial charge in [-0.25, -0.2) is 0 Å². The van der Waals surface area contributed by atoms with Crippen molar-refractivity contribution in [3.05, 3.63) is 71.8 Å². The lowest BCUT2D eigenvalue weighted by atomic mass is 10.2. The molecule has 0 amide bonds. The van der Waals surface area contributed by atoms with Gasteiger partial charge >= 0.3 is 0 Å². The Labute approximate surface area is 126 Å². The third kappa shape index (κ3) is 7.04. The van der Waals surface area contributed by atoms with Crippen LogP contribution in [0.3, 0.4) is 0 Å². The zero-order valence-electron chi connectivity index (χ0n) is 12.2. The third-order valence-electron chi connectivity index (χ3n) is 2.97. The summed E-state index contributed by atoms with van der Waals surface area (Å²) in [6.07, 6.45) is 0. The van der Waals surface area contributed by atoms with Crippen LogP contribution in [0.2, 0.25) is 0 Å². The fraction of sp³-hybridized carbons (Fsp3) is 0.333. The Kier molecular flexibility index (Phi) is 7.56. The van der Waals surface area contributed by atoms with E-state index in [0.717, 1.165) is 0 Å². The van der Waals surface area contributed by atoms with E-state index in [2.05, 4.69) is 24.3 Å². The van der Waals surface area contributed by atoms with Crippen molar-refractivity contribution < 1.29 is 14.2 Å². The summed E-state index contributed by atoms with van der Waals surface area (Å²) >= 11 is 0. The molecule has 2 aromatic carbocycles. The van der Waals surface area contributed by atoms with Gasteiger partial charge in [-0.15, -0.1) is 0 Å². The molecule has 3 heteroatoms. The molecule has 0 N–H and O–H groups in total. The fourth-order valence-electron chi connectivity index (χ4n) is 1.87. The van der Waals surface area contributed by atoms with Crippen molar-refractivity contribution in [2.24, 2.45) is 0 Å². The van der Waals surface area contributed by atoms with Crippen LogP contribution in [0, 0.1) is 0 Å². The molecule has 0 aliphatic rings. The molecule has 0 heterocycles. The van der Waals surface area contributed by atoms with Crippen molar-refractivity contribution in [1.82, 2.24) is 0 Å². The van der Waals surface area contributed by atoms with Crippen LogP contribution in [0.25, 0.3) is 0 Å². The molecule has 0 aliphatic heterocycles. The molecule has 0 saturated carbocycles. The molecule has 0 fully saturated rings. The number of benzene rings is 2. The van der Waals surface area contributed by atoms with Crippen LogP contribution in [0.4, 0.5) is 0 Å². The lowest BCUT2D eigenvalue weighted by Crippen LogP contribution is -2.09.